The van der Waals surface area contributed by atoms with Crippen LogP contribution >= 0.6 is 0 Å². The fraction of sp³-hybridized carbons (Fsp3) is 0.312. The fourth-order valence-electron chi connectivity index (χ4n) is 2.05. The maximum Gasteiger partial charge on any atom is 0.336 e. The quantitative estimate of drug-likeness (QED) is 0.757. The van der Waals surface area contributed by atoms with Crippen molar-refractivity contribution < 1.29 is 24.1 Å². The summed E-state index contributed by atoms with van der Waals surface area (Å²) in [6.45, 7) is 1.94. The number of hydrogen-bond acceptors (Lipinski definition) is 4. The molecule has 0 fully saturated rings. The van der Waals surface area contributed by atoms with Crippen molar-refractivity contribution in [3.05, 3.63) is 42.0 Å². The Morgan fingerprint density at radius 3 is 2.48 bits per heavy atom. The van der Waals surface area contributed by atoms with Gasteiger partial charge in [0.25, 0.3) is 0 Å². The second-order valence-corrected chi connectivity index (χ2v) is 4.42. The van der Waals surface area contributed by atoms with Gasteiger partial charge in [-0.25, -0.2) is 4.79 Å². The molecule has 0 saturated heterocycles. The molecule has 0 heterocycles. The van der Waals surface area contributed by atoms with Crippen molar-refractivity contribution in [2.75, 3.05) is 33.5 Å². The number of carbonyl (C=O) groups is 1. The monoisotopic (exact) mass is 290 g/mol. The highest BCUT2D eigenvalue weighted by Crippen LogP contribution is 2.28. The first-order chi connectivity index (χ1) is 10.2. The van der Waals surface area contributed by atoms with Gasteiger partial charge in [0.1, 0.15) is 12.4 Å². The minimum Gasteiger partial charge on any atom is -0.491 e. The zero-order valence-electron chi connectivity index (χ0n) is 11.9. The molecule has 0 spiro atoms. The molecule has 0 aromatic heterocycles. The Kier molecular flexibility index (Phi) is 5.54. The highest BCUT2D eigenvalue weighted by Gasteiger charge is 2.10. The Hall–Kier alpha value is -2.11. The summed E-state index contributed by atoms with van der Waals surface area (Å²) in [4.78, 5) is 11.2. The van der Waals surface area contributed by atoms with Crippen LogP contribution in [0.2, 0.25) is 0 Å². The molecule has 0 atom stereocenters. The van der Waals surface area contributed by atoms with Crippen LogP contribution in [0.5, 0.6) is 5.75 Å². The maximum absolute atomic E-state index is 11.2. The van der Waals surface area contributed by atoms with E-state index in [0.29, 0.717) is 37.6 Å². The molecule has 0 aliphatic heterocycles. The Balaban J connectivity index is 2.07. The Bertz CT molecular complexity index is 609. The Labute approximate surface area is 123 Å². The molecular weight excluding hydrogens is 272 g/mol. The Morgan fingerprint density at radius 2 is 1.71 bits per heavy atom. The number of carboxylic acid groups (broad SMARTS) is 1. The van der Waals surface area contributed by atoms with Gasteiger partial charge in [-0.2, -0.15) is 0 Å². The van der Waals surface area contributed by atoms with Crippen LogP contribution in [0, 0.1) is 0 Å². The van der Waals surface area contributed by atoms with E-state index in [9.17, 15) is 9.90 Å². The third-order valence-corrected chi connectivity index (χ3v) is 3.03. The molecule has 5 heteroatoms. The van der Waals surface area contributed by atoms with Crippen LogP contribution in [0.1, 0.15) is 10.4 Å². The van der Waals surface area contributed by atoms with Crippen LogP contribution in [0.25, 0.3) is 10.8 Å². The molecule has 112 valence electrons. The summed E-state index contributed by atoms with van der Waals surface area (Å²) in [7, 11) is 1.62. The van der Waals surface area contributed by atoms with Crippen molar-refractivity contribution in [2.45, 2.75) is 0 Å². The van der Waals surface area contributed by atoms with Crippen molar-refractivity contribution >= 4 is 16.7 Å². The molecule has 0 unspecified atom stereocenters. The van der Waals surface area contributed by atoms with E-state index in [0.717, 1.165) is 5.39 Å². The lowest BCUT2D eigenvalue weighted by Crippen LogP contribution is -2.10. The molecular formula is C16H18O5. The molecule has 21 heavy (non-hydrogen) atoms. The first-order valence-electron chi connectivity index (χ1n) is 6.68. The minimum atomic E-state index is -0.944. The Morgan fingerprint density at radius 1 is 1.00 bits per heavy atom. The smallest absolute Gasteiger partial charge is 0.336 e. The van der Waals surface area contributed by atoms with Crippen LogP contribution in [0.3, 0.4) is 0 Å². The fourth-order valence-corrected chi connectivity index (χ4v) is 2.05. The molecule has 2 rings (SSSR count). The number of methoxy groups -OCH3 is 1. The highest BCUT2D eigenvalue weighted by atomic mass is 16.5. The molecule has 0 aliphatic rings. The summed E-state index contributed by atoms with van der Waals surface area (Å²) < 4.78 is 15.9. The van der Waals surface area contributed by atoms with Crippen LogP contribution in [-0.4, -0.2) is 44.6 Å². The van der Waals surface area contributed by atoms with Crippen molar-refractivity contribution in [3.8, 4) is 5.75 Å². The summed E-state index contributed by atoms with van der Waals surface area (Å²) in [6, 6.07) is 10.5. The standard InChI is InChI=1S/C16H18O5/c1-19-8-9-20-10-11-21-15-7-3-4-12-13(15)5-2-6-14(12)16(17)18/h2-7H,8-11H2,1H3,(H,17,18). The number of benzene rings is 2. The number of carboxylic acids is 1. The maximum atomic E-state index is 11.2. The molecule has 2 aromatic carbocycles. The molecule has 2 aromatic rings. The lowest BCUT2D eigenvalue weighted by atomic mass is 10.0. The average molecular weight is 290 g/mol. The number of fused-ring (bicyclic) bond motifs is 1. The molecule has 0 saturated carbocycles. The van der Waals surface area contributed by atoms with Crippen molar-refractivity contribution in [1.29, 1.82) is 0 Å². The molecule has 0 bridgehead atoms. The lowest BCUT2D eigenvalue weighted by molar-refractivity contribution is 0.0547. The van der Waals surface area contributed by atoms with Crippen LogP contribution in [-0.2, 0) is 9.47 Å². The van der Waals surface area contributed by atoms with Gasteiger partial charge >= 0.3 is 5.97 Å². The highest BCUT2D eigenvalue weighted by molar-refractivity contribution is 6.05. The van der Waals surface area contributed by atoms with Crippen LogP contribution in [0.4, 0.5) is 0 Å². The largest absolute Gasteiger partial charge is 0.491 e. The zero-order chi connectivity index (χ0) is 15.1. The number of hydrogen-bond donors (Lipinski definition) is 1. The lowest BCUT2D eigenvalue weighted by Gasteiger charge is -2.10. The van der Waals surface area contributed by atoms with E-state index in [4.69, 9.17) is 14.2 Å². The van der Waals surface area contributed by atoms with Crippen molar-refractivity contribution in [2.24, 2.45) is 0 Å². The van der Waals surface area contributed by atoms with Gasteiger partial charge in [-0.1, -0.05) is 24.3 Å². The average Bonchev–Trinajstić information content (AvgIpc) is 2.50. The number of aromatic carboxylic acids is 1. The van der Waals surface area contributed by atoms with Crippen LogP contribution in [0.15, 0.2) is 36.4 Å². The van der Waals surface area contributed by atoms with E-state index in [1.807, 2.05) is 12.1 Å². The second kappa shape index (κ2) is 7.61. The van der Waals surface area contributed by atoms with E-state index in [1.165, 1.54) is 0 Å². The number of ether oxygens (including phenoxy) is 3. The molecule has 5 nitrogen and oxygen atoms in total. The zero-order valence-corrected chi connectivity index (χ0v) is 11.9. The van der Waals surface area contributed by atoms with Gasteiger partial charge in [0.15, 0.2) is 0 Å². The van der Waals surface area contributed by atoms with Crippen LogP contribution < -0.4 is 4.74 Å². The van der Waals surface area contributed by atoms with Gasteiger partial charge in [0.2, 0.25) is 0 Å². The molecule has 1 N–H and O–H groups in total. The summed E-state index contributed by atoms with van der Waals surface area (Å²) in [6.07, 6.45) is 0. The molecule has 0 aliphatic carbocycles. The topological polar surface area (TPSA) is 65.0 Å². The van der Waals surface area contributed by atoms with Gasteiger partial charge in [-0.05, 0) is 17.5 Å². The third-order valence-electron chi connectivity index (χ3n) is 3.03. The molecule has 0 radical (unpaired) electrons. The van der Waals surface area contributed by atoms with Gasteiger partial charge in [0.05, 0.1) is 25.4 Å². The van der Waals surface area contributed by atoms with E-state index >= 15 is 0 Å². The summed E-state index contributed by atoms with van der Waals surface area (Å²) in [5.41, 5.74) is 0.272. The van der Waals surface area contributed by atoms with E-state index in [-0.39, 0.29) is 5.56 Å². The minimum absolute atomic E-state index is 0.272. The predicted molar refractivity (Wildman–Crippen MR) is 79.1 cm³/mol. The molecule has 0 amide bonds. The summed E-state index contributed by atoms with van der Waals surface area (Å²) in [5, 5.41) is 10.7. The van der Waals surface area contributed by atoms with Gasteiger partial charge in [-0.15, -0.1) is 0 Å². The SMILES string of the molecule is COCCOCCOc1cccc2c(C(=O)O)cccc12. The first kappa shape index (κ1) is 15.3. The van der Waals surface area contributed by atoms with Gasteiger partial charge < -0.3 is 19.3 Å². The third kappa shape index (κ3) is 3.93. The van der Waals surface area contributed by atoms with Gasteiger partial charge in [0, 0.05) is 12.5 Å². The van der Waals surface area contributed by atoms with E-state index in [2.05, 4.69) is 0 Å². The van der Waals surface area contributed by atoms with Crippen molar-refractivity contribution in [3.63, 3.8) is 0 Å². The normalized spacial score (nSPS) is 10.7. The summed E-state index contributed by atoms with van der Waals surface area (Å²) in [5.74, 6) is -0.286. The summed E-state index contributed by atoms with van der Waals surface area (Å²) >= 11 is 0. The number of rotatable bonds is 8. The van der Waals surface area contributed by atoms with E-state index < -0.39 is 5.97 Å². The van der Waals surface area contributed by atoms with Crippen molar-refractivity contribution in [1.82, 2.24) is 0 Å². The van der Waals surface area contributed by atoms with E-state index in [1.54, 1.807) is 31.4 Å². The first-order valence-corrected chi connectivity index (χ1v) is 6.68. The predicted octanol–water partition coefficient (Wildman–Crippen LogP) is 2.58. The second-order valence-electron chi connectivity index (χ2n) is 4.42. The van der Waals surface area contributed by atoms with Gasteiger partial charge in [-0.3, -0.25) is 0 Å².